The lowest BCUT2D eigenvalue weighted by molar-refractivity contribution is 0.0115. The molecule has 0 unspecified atom stereocenters. The summed E-state index contributed by atoms with van der Waals surface area (Å²) in [5.74, 6) is -0.0822. The number of benzene rings is 1. The number of amides is 1. The molecule has 1 aromatic carbocycles. The van der Waals surface area contributed by atoms with Crippen LogP contribution in [-0.2, 0) is 9.47 Å². The van der Waals surface area contributed by atoms with Crippen molar-refractivity contribution in [3.63, 3.8) is 0 Å². The summed E-state index contributed by atoms with van der Waals surface area (Å²) in [6, 6.07) is 6.63. The fraction of sp³-hybridized carbons (Fsp3) is 0.556. The number of carbonyl (C=O) groups is 2. The number of hydrogen-bond acceptors (Lipinski definition) is 4. The van der Waals surface area contributed by atoms with E-state index in [4.69, 9.17) is 21.1 Å². The summed E-state index contributed by atoms with van der Waals surface area (Å²) in [5, 5.41) is 0.584. The number of carbonyl (C=O) groups excluding carboxylic acids is 2. The lowest BCUT2D eigenvalue weighted by atomic mass is 9.98. The van der Waals surface area contributed by atoms with Crippen LogP contribution >= 0.6 is 11.6 Å². The third-order valence-corrected chi connectivity index (χ3v) is 4.05. The number of likely N-dealkylation sites (tertiary alicyclic amines) is 1. The largest absolute Gasteiger partial charge is 0.462 e. The number of piperidine rings is 1. The zero-order valence-electron chi connectivity index (χ0n) is 14.4. The molecule has 5 nitrogen and oxygen atoms in total. The third-order valence-electron chi connectivity index (χ3n) is 3.80. The first kappa shape index (κ1) is 18.6. The summed E-state index contributed by atoms with van der Waals surface area (Å²) in [5.41, 5.74) is 0.00720. The second kappa shape index (κ2) is 7.88. The average Bonchev–Trinajstić information content (AvgIpc) is 2.52. The van der Waals surface area contributed by atoms with E-state index in [1.165, 1.54) is 0 Å². The highest BCUT2D eigenvalue weighted by molar-refractivity contribution is 6.30. The van der Waals surface area contributed by atoms with Crippen LogP contribution in [0.1, 0.15) is 44.0 Å². The third kappa shape index (κ3) is 5.71. The molecule has 2 rings (SSSR count). The molecule has 0 aromatic heterocycles. The number of esters is 1. The minimum atomic E-state index is -0.484. The maximum absolute atomic E-state index is 12.0. The van der Waals surface area contributed by atoms with Gasteiger partial charge < -0.3 is 14.4 Å². The van der Waals surface area contributed by atoms with Crippen LogP contribution in [-0.4, -0.2) is 42.3 Å². The molecule has 0 atom stereocenters. The molecule has 0 aliphatic carbocycles. The minimum absolute atomic E-state index is 0.264. The Bertz CT molecular complexity index is 572. The van der Waals surface area contributed by atoms with Gasteiger partial charge in [-0.25, -0.2) is 9.59 Å². The highest BCUT2D eigenvalue weighted by Crippen LogP contribution is 2.20. The predicted molar refractivity (Wildman–Crippen MR) is 92.3 cm³/mol. The van der Waals surface area contributed by atoms with E-state index in [9.17, 15) is 9.59 Å². The van der Waals surface area contributed by atoms with Gasteiger partial charge in [0.2, 0.25) is 0 Å². The van der Waals surface area contributed by atoms with Gasteiger partial charge in [-0.15, -0.1) is 0 Å². The van der Waals surface area contributed by atoms with Crippen LogP contribution in [0.15, 0.2) is 24.3 Å². The predicted octanol–water partition coefficient (Wildman–Crippen LogP) is 4.14. The molecule has 0 bridgehead atoms. The smallest absolute Gasteiger partial charge is 0.410 e. The van der Waals surface area contributed by atoms with Crippen molar-refractivity contribution in [3.05, 3.63) is 34.9 Å². The minimum Gasteiger partial charge on any atom is -0.462 e. The molecule has 1 fully saturated rings. The summed E-state index contributed by atoms with van der Waals surface area (Å²) in [6.45, 7) is 7.18. The molecule has 1 heterocycles. The lowest BCUT2D eigenvalue weighted by Crippen LogP contribution is -2.42. The highest BCUT2D eigenvalue weighted by Gasteiger charge is 2.27. The first-order valence-corrected chi connectivity index (χ1v) is 8.53. The number of halogens is 1. The Morgan fingerprint density at radius 3 is 2.29 bits per heavy atom. The van der Waals surface area contributed by atoms with Gasteiger partial charge in [0.1, 0.15) is 5.60 Å². The lowest BCUT2D eigenvalue weighted by Gasteiger charge is -2.33. The van der Waals surface area contributed by atoms with E-state index in [0.717, 1.165) is 12.8 Å². The molecule has 1 aliphatic rings. The topological polar surface area (TPSA) is 55.8 Å². The number of rotatable bonds is 3. The molecular formula is C18H24ClNO4. The van der Waals surface area contributed by atoms with Crippen LogP contribution in [0.4, 0.5) is 4.79 Å². The van der Waals surface area contributed by atoms with Gasteiger partial charge in [0.25, 0.3) is 0 Å². The molecule has 0 saturated carbocycles. The van der Waals surface area contributed by atoms with E-state index < -0.39 is 5.60 Å². The van der Waals surface area contributed by atoms with Crippen LogP contribution in [0.25, 0.3) is 0 Å². The molecule has 1 aromatic rings. The van der Waals surface area contributed by atoms with Crippen molar-refractivity contribution in [2.45, 2.75) is 39.2 Å². The Labute approximate surface area is 147 Å². The molecule has 132 valence electrons. The number of ether oxygens (including phenoxy) is 2. The van der Waals surface area contributed by atoms with Gasteiger partial charge in [0.05, 0.1) is 12.2 Å². The Kier molecular flexibility index (Phi) is 6.10. The van der Waals surface area contributed by atoms with Gasteiger partial charge in [-0.3, -0.25) is 0 Å². The fourth-order valence-electron chi connectivity index (χ4n) is 2.47. The second-order valence-corrected chi connectivity index (χ2v) is 7.45. The van der Waals surface area contributed by atoms with Crippen LogP contribution in [0, 0.1) is 5.92 Å². The van der Waals surface area contributed by atoms with Crippen molar-refractivity contribution in [2.24, 2.45) is 5.92 Å². The van der Waals surface area contributed by atoms with Crippen LogP contribution < -0.4 is 0 Å². The monoisotopic (exact) mass is 353 g/mol. The summed E-state index contributed by atoms with van der Waals surface area (Å²) in [4.78, 5) is 25.7. The SMILES string of the molecule is CC(C)(C)OC(=O)N1CCC(COC(=O)c2ccc(Cl)cc2)CC1. The summed E-state index contributed by atoms with van der Waals surface area (Å²) in [6.07, 6.45) is 1.32. The highest BCUT2D eigenvalue weighted by atomic mass is 35.5. The maximum atomic E-state index is 12.0. The molecular weight excluding hydrogens is 330 g/mol. The van der Waals surface area contributed by atoms with Gasteiger partial charge >= 0.3 is 12.1 Å². The second-order valence-electron chi connectivity index (χ2n) is 7.02. The van der Waals surface area contributed by atoms with Crippen LogP contribution in [0.5, 0.6) is 0 Å². The summed E-state index contributed by atoms with van der Waals surface area (Å²) < 4.78 is 10.7. The van der Waals surface area contributed by atoms with Gasteiger partial charge in [-0.2, -0.15) is 0 Å². The van der Waals surface area contributed by atoms with Crippen LogP contribution in [0.2, 0.25) is 5.02 Å². The molecule has 1 aliphatic heterocycles. The van der Waals surface area contributed by atoms with E-state index in [-0.39, 0.29) is 18.0 Å². The van der Waals surface area contributed by atoms with E-state index in [0.29, 0.717) is 30.3 Å². The molecule has 1 amide bonds. The Morgan fingerprint density at radius 2 is 1.75 bits per heavy atom. The van der Waals surface area contributed by atoms with Gasteiger partial charge in [-0.1, -0.05) is 11.6 Å². The molecule has 6 heteroatoms. The normalized spacial score (nSPS) is 15.9. The van der Waals surface area contributed by atoms with Crippen molar-refractivity contribution < 1.29 is 19.1 Å². The Morgan fingerprint density at radius 1 is 1.17 bits per heavy atom. The number of nitrogens with zero attached hydrogens (tertiary/aromatic N) is 1. The standard InChI is InChI=1S/C18H24ClNO4/c1-18(2,3)24-17(22)20-10-8-13(9-11-20)12-23-16(21)14-4-6-15(19)7-5-14/h4-7,13H,8-12H2,1-3H3. The molecule has 1 saturated heterocycles. The quantitative estimate of drug-likeness (QED) is 0.766. The average molecular weight is 354 g/mol. The fourth-order valence-corrected chi connectivity index (χ4v) is 2.60. The Hall–Kier alpha value is -1.75. The first-order valence-electron chi connectivity index (χ1n) is 8.15. The van der Waals surface area contributed by atoms with Crippen molar-refractivity contribution in [1.82, 2.24) is 4.90 Å². The van der Waals surface area contributed by atoms with Crippen molar-refractivity contribution >= 4 is 23.7 Å². The van der Waals surface area contributed by atoms with E-state index in [1.807, 2.05) is 20.8 Å². The molecule has 0 N–H and O–H groups in total. The zero-order chi connectivity index (χ0) is 17.7. The van der Waals surface area contributed by atoms with Crippen molar-refractivity contribution in [2.75, 3.05) is 19.7 Å². The van der Waals surface area contributed by atoms with Crippen molar-refractivity contribution in [1.29, 1.82) is 0 Å². The maximum Gasteiger partial charge on any atom is 0.410 e. The van der Waals surface area contributed by atoms with Gasteiger partial charge in [0.15, 0.2) is 0 Å². The van der Waals surface area contributed by atoms with Crippen LogP contribution in [0.3, 0.4) is 0 Å². The van der Waals surface area contributed by atoms with E-state index in [1.54, 1.807) is 29.2 Å². The Balaban J connectivity index is 1.74. The summed E-state index contributed by atoms with van der Waals surface area (Å²) in [7, 11) is 0. The van der Waals surface area contributed by atoms with E-state index in [2.05, 4.69) is 0 Å². The van der Waals surface area contributed by atoms with Gasteiger partial charge in [0, 0.05) is 18.1 Å². The molecule has 0 radical (unpaired) electrons. The summed E-state index contributed by atoms with van der Waals surface area (Å²) >= 11 is 5.80. The van der Waals surface area contributed by atoms with Gasteiger partial charge in [-0.05, 0) is 63.8 Å². The molecule has 0 spiro atoms. The zero-order valence-corrected chi connectivity index (χ0v) is 15.1. The first-order chi connectivity index (χ1) is 11.2. The molecule has 24 heavy (non-hydrogen) atoms. The van der Waals surface area contributed by atoms with E-state index >= 15 is 0 Å². The van der Waals surface area contributed by atoms with Crippen molar-refractivity contribution in [3.8, 4) is 0 Å². The number of hydrogen-bond donors (Lipinski definition) is 0.